The Bertz CT molecular complexity index is 248. The molecule has 1 aliphatic carbocycles. The summed E-state index contributed by atoms with van der Waals surface area (Å²) in [5.41, 5.74) is 0.922. The second-order valence-corrected chi connectivity index (χ2v) is 4.00. The van der Waals surface area contributed by atoms with Crippen LogP contribution in [-0.4, -0.2) is 32.5 Å². The van der Waals surface area contributed by atoms with Crippen molar-refractivity contribution in [2.75, 3.05) is 14.2 Å². The molecule has 2 unspecified atom stereocenters. The Balaban J connectivity index is 2.63. The van der Waals surface area contributed by atoms with Gasteiger partial charge in [-0.25, -0.2) is 4.79 Å². The number of alkyl carbamates (subject to hydrolysis) is 1. The lowest BCUT2D eigenvalue weighted by atomic mass is 10.0. The summed E-state index contributed by atoms with van der Waals surface area (Å²) < 4.78 is 9.95. The molecule has 1 amide bonds. The largest absolute Gasteiger partial charge is 0.453 e. The third-order valence-corrected chi connectivity index (χ3v) is 2.67. The van der Waals surface area contributed by atoms with Crippen molar-refractivity contribution in [3.8, 4) is 0 Å². The molecule has 0 aromatic rings. The highest BCUT2D eigenvalue weighted by molar-refractivity contribution is 5.67. The molecule has 0 heterocycles. The van der Waals surface area contributed by atoms with Crippen LogP contribution >= 0.6 is 0 Å². The molecule has 1 fully saturated rings. The summed E-state index contributed by atoms with van der Waals surface area (Å²) in [7, 11) is 3.00. The fourth-order valence-electron chi connectivity index (χ4n) is 1.75. The number of methoxy groups -OCH3 is 2. The topological polar surface area (TPSA) is 47.6 Å². The van der Waals surface area contributed by atoms with Crippen molar-refractivity contribution in [3.63, 3.8) is 0 Å². The highest BCUT2D eigenvalue weighted by Gasteiger charge is 2.38. The van der Waals surface area contributed by atoms with Gasteiger partial charge in [-0.2, -0.15) is 0 Å². The molecular formula is C11H19NO3. The van der Waals surface area contributed by atoms with Crippen LogP contribution in [0.25, 0.3) is 0 Å². The monoisotopic (exact) mass is 213 g/mol. The molecule has 4 heteroatoms. The molecule has 0 saturated heterocycles. The number of nitrogens with one attached hydrogen (secondary N) is 1. The molecule has 0 aromatic heterocycles. The predicted molar refractivity (Wildman–Crippen MR) is 57.7 cm³/mol. The summed E-state index contributed by atoms with van der Waals surface area (Å²) in [4.78, 5) is 11.2. The zero-order chi connectivity index (χ0) is 11.4. The van der Waals surface area contributed by atoms with Crippen LogP contribution in [0.15, 0.2) is 12.2 Å². The van der Waals surface area contributed by atoms with Gasteiger partial charge in [0.05, 0.1) is 19.3 Å². The number of carbonyl (C=O) groups excluding carboxylic acids is 1. The molecule has 1 aliphatic rings. The standard InChI is InChI=1S/C11H19NO3/c1-7(2)10(14-3)9(8-5-6-8)12-11(13)15-4/h8-10H,1,5-6H2,2-4H3,(H,12,13). The molecule has 0 aromatic carbocycles. The molecule has 0 aliphatic heterocycles. The van der Waals surface area contributed by atoms with E-state index in [2.05, 4.69) is 16.6 Å². The molecule has 1 saturated carbocycles. The number of rotatable bonds is 5. The summed E-state index contributed by atoms with van der Waals surface area (Å²) in [6.45, 7) is 5.78. The average molecular weight is 213 g/mol. The van der Waals surface area contributed by atoms with Crippen LogP contribution in [0.5, 0.6) is 0 Å². The van der Waals surface area contributed by atoms with Crippen LogP contribution in [0.1, 0.15) is 19.8 Å². The molecule has 0 radical (unpaired) electrons. The van der Waals surface area contributed by atoms with Crippen molar-refractivity contribution in [2.24, 2.45) is 5.92 Å². The minimum absolute atomic E-state index is 0.0139. The van der Waals surface area contributed by atoms with E-state index in [1.54, 1.807) is 7.11 Å². The van der Waals surface area contributed by atoms with E-state index in [9.17, 15) is 4.79 Å². The van der Waals surface area contributed by atoms with Gasteiger partial charge in [-0.05, 0) is 31.3 Å². The molecule has 0 bridgehead atoms. The molecule has 15 heavy (non-hydrogen) atoms. The van der Waals surface area contributed by atoms with Gasteiger partial charge in [-0.1, -0.05) is 6.58 Å². The van der Waals surface area contributed by atoms with Gasteiger partial charge in [-0.3, -0.25) is 0 Å². The smallest absolute Gasteiger partial charge is 0.407 e. The van der Waals surface area contributed by atoms with Gasteiger partial charge in [0.2, 0.25) is 0 Å². The normalized spacial score (nSPS) is 19.1. The van der Waals surface area contributed by atoms with Crippen molar-refractivity contribution >= 4 is 6.09 Å². The van der Waals surface area contributed by atoms with Crippen LogP contribution in [0.4, 0.5) is 4.79 Å². The first-order valence-electron chi connectivity index (χ1n) is 5.12. The molecule has 1 rings (SSSR count). The summed E-state index contributed by atoms with van der Waals surface area (Å²) in [6.07, 6.45) is 1.72. The first-order chi connectivity index (χ1) is 7.10. The van der Waals surface area contributed by atoms with E-state index in [0.29, 0.717) is 5.92 Å². The number of hydrogen-bond donors (Lipinski definition) is 1. The second kappa shape index (κ2) is 5.16. The number of hydrogen-bond acceptors (Lipinski definition) is 3. The molecule has 1 N–H and O–H groups in total. The Morgan fingerprint density at radius 2 is 2.07 bits per heavy atom. The van der Waals surface area contributed by atoms with Crippen LogP contribution in [0.2, 0.25) is 0 Å². The molecule has 0 spiro atoms. The van der Waals surface area contributed by atoms with Gasteiger partial charge in [-0.15, -0.1) is 0 Å². The summed E-state index contributed by atoms with van der Waals surface area (Å²) in [5, 5.41) is 2.81. The van der Waals surface area contributed by atoms with Crippen molar-refractivity contribution in [1.82, 2.24) is 5.32 Å². The Kier molecular flexibility index (Phi) is 4.15. The maximum atomic E-state index is 11.2. The van der Waals surface area contributed by atoms with Gasteiger partial charge >= 0.3 is 6.09 Å². The van der Waals surface area contributed by atoms with Crippen LogP contribution in [0, 0.1) is 5.92 Å². The van der Waals surface area contributed by atoms with Crippen LogP contribution in [0.3, 0.4) is 0 Å². The minimum atomic E-state index is -0.407. The zero-order valence-electron chi connectivity index (χ0n) is 9.58. The van der Waals surface area contributed by atoms with E-state index in [0.717, 1.165) is 18.4 Å². The molecular weight excluding hydrogens is 194 g/mol. The first kappa shape index (κ1) is 12.0. The predicted octanol–water partition coefficient (Wildman–Crippen LogP) is 1.71. The fourth-order valence-corrected chi connectivity index (χ4v) is 1.75. The Hall–Kier alpha value is -1.03. The lowest BCUT2D eigenvalue weighted by Gasteiger charge is -2.26. The summed E-state index contributed by atoms with van der Waals surface area (Å²) in [5.74, 6) is 0.491. The number of amides is 1. The Morgan fingerprint density at radius 3 is 2.40 bits per heavy atom. The third-order valence-electron chi connectivity index (χ3n) is 2.67. The minimum Gasteiger partial charge on any atom is -0.453 e. The SMILES string of the molecule is C=C(C)C(OC)C(NC(=O)OC)C1CC1. The highest BCUT2D eigenvalue weighted by atomic mass is 16.5. The molecule has 4 nitrogen and oxygen atoms in total. The van der Waals surface area contributed by atoms with Crippen molar-refractivity contribution in [2.45, 2.75) is 31.9 Å². The van der Waals surface area contributed by atoms with E-state index in [-0.39, 0.29) is 12.1 Å². The lowest BCUT2D eigenvalue weighted by Crippen LogP contribution is -2.46. The Morgan fingerprint density at radius 1 is 1.47 bits per heavy atom. The number of ether oxygens (including phenoxy) is 2. The van der Waals surface area contributed by atoms with E-state index < -0.39 is 6.09 Å². The van der Waals surface area contributed by atoms with Crippen molar-refractivity contribution in [1.29, 1.82) is 0 Å². The van der Waals surface area contributed by atoms with E-state index in [1.807, 2.05) is 6.92 Å². The van der Waals surface area contributed by atoms with Crippen LogP contribution < -0.4 is 5.32 Å². The van der Waals surface area contributed by atoms with E-state index in [1.165, 1.54) is 7.11 Å². The van der Waals surface area contributed by atoms with Gasteiger partial charge < -0.3 is 14.8 Å². The molecule has 86 valence electrons. The molecule has 2 atom stereocenters. The van der Waals surface area contributed by atoms with Gasteiger partial charge in [0.25, 0.3) is 0 Å². The van der Waals surface area contributed by atoms with Gasteiger partial charge in [0.1, 0.15) is 0 Å². The maximum absolute atomic E-state index is 11.2. The maximum Gasteiger partial charge on any atom is 0.407 e. The fraction of sp³-hybridized carbons (Fsp3) is 0.727. The quantitative estimate of drug-likeness (QED) is 0.707. The van der Waals surface area contributed by atoms with Crippen molar-refractivity contribution < 1.29 is 14.3 Å². The van der Waals surface area contributed by atoms with E-state index >= 15 is 0 Å². The number of carbonyl (C=O) groups is 1. The lowest BCUT2D eigenvalue weighted by molar-refractivity contribution is 0.0836. The highest BCUT2D eigenvalue weighted by Crippen LogP contribution is 2.36. The van der Waals surface area contributed by atoms with Gasteiger partial charge in [0.15, 0.2) is 0 Å². The third kappa shape index (κ3) is 3.23. The van der Waals surface area contributed by atoms with E-state index in [4.69, 9.17) is 4.74 Å². The average Bonchev–Trinajstić information content (AvgIpc) is 2.99. The summed E-state index contributed by atoms with van der Waals surface area (Å²) >= 11 is 0. The van der Waals surface area contributed by atoms with Crippen molar-refractivity contribution in [3.05, 3.63) is 12.2 Å². The first-order valence-corrected chi connectivity index (χ1v) is 5.12. The van der Waals surface area contributed by atoms with Crippen LogP contribution in [-0.2, 0) is 9.47 Å². The Labute approximate surface area is 90.6 Å². The second-order valence-electron chi connectivity index (χ2n) is 4.00. The van der Waals surface area contributed by atoms with Gasteiger partial charge in [0, 0.05) is 7.11 Å². The zero-order valence-corrected chi connectivity index (χ0v) is 9.58. The summed E-state index contributed by atoms with van der Waals surface area (Å²) in [6, 6.07) is -0.0139.